The fourth-order valence-corrected chi connectivity index (χ4v) is 3.05. The summed E-state index contributed by atoms with van der Waals surface area (Å²) < 4.78 is 20.8. The molecule has 7 heteroatoms. The molecule has 0 amide bonds. The number of carbonyl (C=O) groups is 2. The number of fused-ring (bicyclic) bond motifs is 2. The number of ether oxygens (including phenoxy) is 4. The average molecular weight is 389 g/mol. The molecule has 140 valence electrons. The topological polar surface area (TPSA) is 71.1 Å². The van der Waals surface area contributed by atoms with Crippen LogP contribution in [0.15, 0.2) is 42.5 Å². The van der Waals surface area contributed by atoms with Crippen LogP contribution in [-0.2, 0) is 19.1 Å². The average Bonchev–Trinajstić information content (AvgIpc) is 2.70. The van der Waals surface area contributed by atoms with E-state index in [-0.39, 0.29) is 13.2 Å². The van der Waals surface area contributed by atoms with Gasteiger partial charge in [-0.1, -0.05) is 48.0 Å². The molecule has 0 saturated heterocycles. The molecule has 0 spiro atoms. The quantitative estimate of drug-likeness (QED) is 0.473. The zero-order valence-electron chi connectivity index (χ0n) is 14.8. The molecule has 0 aliphatic carbocycles. The lowest BCUT2D eigenvalue weighted by Gasteiger charge is -2.18. The van der Waals surface area contributed by atoms with Crippen molar-refractivity contribution in [3.8, 4) is 11.5 Å². The van der Waals surface area contributed by atoms with Crippen LogP contribution in [0.2, 0.25) is 5.02 Å². The summed E-state index contributed by atoms with van der Waals surface area (Å²) in [5, 5.41) is 3.09. The Bertz CT molecular complexity index is 1010. The van der Waals surface area contributed by atoms with Crippen molar-refractivity contribution in [3.05, 3.63) is 47.5 Å². The largest absolute Gasteiger partial charge is 0.481 e. The minimum atomic E-state index is -0.509. The van der Waals surface area contributed by atoms with E-state index in [9.17, 15) is 9.59 Å². The van der Waals surface area contributed by atoms with E-state index in [1.165, 1.54) is 14.2 Å². The van der Waals surface area contributed by atoms with Crippen LogP contribution in [0.3, 0.4) is 0 Å². The zero-order valence-corrected chi connectivity index (χ0v) is 15.5. The Kier molecular flexibility index (Phi) is 5.66. The molecule has 0 N–H and O–H groups in total. The van der Waals surface area contributed by atoms with E-state index >= 15 is 0 Å². The van der Waals surface area contributed by atoms with Gasteiger partial charge in [0.15, 0.2) is 13.2 Å². The number of esters is 2. The van der Waals surface area contributed by atoms with Crippen LogP contribution in [0.4, 0.5) is 0 Å². The van der Waals surface area contributed by atoms with Crippen molar-refractivity contribution in [2.45, 2.75) is 0 Å². The van der Waals surface area contributed by atoms with E-state index in [2.05, 4.69) is 9.47 Å². The molecule has 0 heterocycles. The molecule has 0 unspecified atom stereocenters. The Morgan fingerprint density at radius 3 is 1.89 bits per heavy atom. The maximum Gasteiger partial charge on any atom is 0.343 e. The van der Waals surface area contributed by atoms with E-state index in [4.69, 9.17) is 21.1 Å². The Morgan fingerprint density at radius 1 is 0.778 bits per heavy atom. The SMILES string of the molecule is COC(=O)COc1c2ccccc2c(OCC(=O)OC)c2c(Cl)cccc12. The number of carbonyl (C=O) groups excluding carboxylic acids is 2. The third-order valence-electron chi connectivity index (χ3n) is 4.03. The van der Waals surface area contributed by atoms with Gasteiger partial charge in [0.1, 0.15) is 11.5 Å². The third kappa shape index (κ3) is 3.75. The summed E-state index contributed by atoms with van der Waals surface area (Å²) in [6.45, 7) is -0.506. The summed E-state index contributed by atoms with van der Waals surface area (Å²) in [6, 6.07) is 12.6. The standard InChI is InChI=1S/C20H17ClO6/c1-24-16(22)10-26-19-12-6-3-4-7-13(12)20(27-11-17(23)25-2)18-14(19)8-5-9-15(18)21/h3-9H,10-11H2,1-2H3. The maximum absolute atomic E-state index is 11.6. The minimum Gasteiger partial charge on any atom is -0.481 e. The van der Waals surface area contributed by atoms with Crippen LogP contribution >= 0.6 is 11.6 Å². The van der Waals surface area contributed by atoms with Gasteiger partial charge < -0.3 is 18.9 Å². The third-order valence-corrected chi connectivity index (χ3v) is 4.34. The second-order valence-corrected chi connectivity index (χ2v) is 6.00. The van der Waals surface area contributed by atoms with Crippen LogP contribution in [0, 0.1) is 0 Å². The van der Waals surface area contributed by atoms with Crippen LogP contribution in [0.5, 0.6) is 11.5 Å². The summed E-state index contributed by atoms with van der Waals surface area (Å²) >= 11 is 6.43. The Labute approximate surface area is 160 Å². The van der Waals surface area contributed by atoms with E-state index < -0.39 is 11.9 Å². The molecule has 3 rings (SSSR count). The molecule has 0 aliphatic rings. The number of hydrogen-bond donors (Lipinski definition) is 0. The smallest absolute Gasteiger partial charge is 0.343 e. The molecule has 0 aliphatic heterocycles. The van der Waals surface area contributed by atoms with Gasteiger partial charge in [0, 0.05) is 21.5 Å². The molecule has 0 aromatic heterocycles. The summed E-state index contributed by atoms with van der Waals surface area (Å²) in [5.74, 6) is -0.0773. The first kappa shape index (κ1) is 18.8. The normalized spacial score (nSPS) is 10.6. The highest BCUT2D eigenvalue weighted by Gasteiger charge is 2.19. The summed E-state index contributed by atoms with van der Waals surface area (Å²) in [4.78, 5) is 23.1. The summed E-state index contributed by atoms with van der Waals surface area (Å²) in [5.41, 5.74) is 0. The fraction of sp³-hybridized carbons (Fsp3) is 0.200. The van der Waals surface area contributed by atoms with Crippen molar-refractivity contribution in [2.24, 2.45) is 0 Å². The molecule has 0 bridgehead atoms. The van der Waals surface area contributed by atoms with Crippen molar-refractivity contribution in [1.82, 2.24) is 0 Å². The second kappa shape index (κ2) is 8.14. The first-order valence-corrected chi connectivity index (χ1v) is 8.46. The Hall–Kier alpha value is -2.99. The molecular formula is C20H17ClO6. The molecule has 3 aromatic carbocycles. The number of halogens is 1. The van der Waals surface area contributed by atoms with Crippen molar-refractivity contribution in [2.75, 3.05) is 27.4 Å². The maximum atomic E-state index is 11.6. The van der Waals surface area contributed by atoms with Crippen LogP contribution in [-0.4, -0.2) is 39.4 Å². The highest BCUT2D eigenvalue weighted by atomic mass is 35.5. The first-order valence-electron chi connectivity index (χ1n) is 8.09. The van der Waals surface area contributed by atoms with E-state index in [0.717, 1.165) is 5.39 Å². The van der Waals surface area contributed by atoms with Gasteiger partial charge in [-0.05, 0) is 6.07 Å². The lowest BCUT2D eigenvalue weighted by atomic mass is 10.0. The monoisotopic (exact) mass is 388 g/mol. The van der Waals surface area contributed by atoms with Gasteiger partial charge in [-0.25, -0.2) is 9.59 Å². The van der Waals surface area contributed by atoms with Gasteiger partial charge in [-0.3, -0.25) is 0 Å². The molecular weight excluding hydrogens is 372 g/mol. The first-order chi connectivity index (χ1) is 13.1. The van der Waals surface area contributed by atoms with Crippen molar-refractivity contribution in [1.29, 1.82) is 0 Å². The van der Waals surface area contributed by atoms with Gasteiger partial charge in [-0.2, -0.15) is 0 Å². The predicted molar refractivity (Wildman–Crippen MR) is 101 cm³/mol. The molecule has 0 saturated carbocycles. The van der Waals surface area contributed by atoms with Gasteiger partial charge in [0.05, 0.1) is 19.2 Å². The lowest BCUT2D eigenvalue weighted by molar-refractivity contribution is -0.143. The summed E-state index contributed by atoms with van der Waals surface area (Å²) in [7, 11) is 2.58. The summed E-state index contributed by atoms with van der Waals surface area (Å²) in [6.07, 6.45) is 0. The second-order valence-electron chi connectivity index (χ2n) is 5.60. The van der Waals surface area contributed by atoms with Crippen molar-refractivity contribution in [3.63, 3.8) is 0 Å². The number of benzene rings is 3. The number of hydrogen-bond acceptors (Lipinski definition) is 6. The van der Waals surface area contributed by atoms with Crippen LogP contribution < -0.4 is 9.47 Å². The molecule has 0 atom stereocenters. The van der Waals surface area contributed by atoms with Crippen molar-refractivity contribution < 1.29 is 28.5 Å². The molecule has 6 nitrogen and oxygen atoms in total. The predicted octanol–water partition coefficient (Wildman–Crippen LogP) is 3.75. The van der Waals surface area contributed by atoms with Crippen molar-refractivity contribution >= 4 is 45.1 Å². The van der Waals surface area contributed by atoms with E-state index in [0.29, 0.717) is 32.7 Å². The Balaban J connectivity index is 2.24. The number of rotatable bonds is 6. The zero-order chi connectivity index (χ0) is 19.4. The van der Waals surface area contributed by atoms with Gasteiger partial charge in [0.25, 0.3) is 0 Å². The fourth-order valence-electron chi connectivity index (χ4n) is 2.79. The molecule has 3 aromatic rings. The Morgan fingerprint density at radius 2 is 1.30 bits per heavy atom. The van der Waals surface area contributed by atoms with Gasteiger partial charge in [0.2, 0.25) is 0 Å². The highest BCUT2D eigenvalue weighted by Crippen LogP contribution is 2.45. The molecule has 27 heavy (non-hydrogen) atoms. The van der Waals surface area contributed by atoms with E-state index in [1.807, 2.05) is 30.3 Å². The molecule has 0 radical (unpaired) electrons. The van der Waals surface area contributed by atoms with Crippen LogP contribution in [0.25, 0.3) is 21.5 Å². The lowest BCUT2D eigenvalue weighted by Crippen LogP contribution is -2.14. The number of methoxy groups -OCH3 is 2. The van der Waals surface area contributed by atoms with E-state index in [1.54, 1.807) is 12.1 Å². The van der Waals surface area contributed by atoms with Gasteiger partial charge in [-0.15, -0.1) is 0 Å². The van der Waals surface area contributed by atoms with Gasteiger partial charge >= 0.3 is 11.9 Å². The van der Waals surface area contributed by atoms with Crippen LogP contribution in [0.1, 0.15) is 0 Å². The highest BCUT2D eigenvalue weighted by molar-refractivity contribution is 6.37. The minimum absolute atomic E-state index is 0.246. The molecule has 0 fully saturated rings.